The zero-order valence-electron chi connectivity index (χ0n) is 14.9. The highest BCUT2D eigenvalue weighted by Crippen LogP contribution is 2.35. The van der Waals surface area contributed by atoms with Gasteiger partial charge in [-0.1, -0.05) is 42.2 Å². The summed E-state index contributed by atoms with van der Waals surface area (Å²) in [5.74, 6) is 0.707. The van der Waals surface area contributed by atoms with Gasteiger partial charge in [0.2, 0.25) is 0 Å². The van der Waals surface area contributed by atoms with Crippen LogP contribution in [0.3, 0.4) is 0 Å². The fourth-order valence-electron chi connectivity index (χ4n) is 2.58. The summed E-state index contributed by atoms with van der Waals surface area (Å²) in [6, 6.07) is 11.7. The maximum Gasteiger partial charge on any atom is 0.266 e. The molecule has 0 N–H and O–H groups in total. The molecule has 1 fully saturated rings. The van der Waals surface area contributed by atoms with Crippen molar-refractivity contribution in [2.24, 2.45) is 0 Å². The van der Waals surface area contributed by atoms with E-state index in [1.807, 2.05) is 6.92 Å². The van der Waals surface area contributed by atoms with Gasteiger partial charge in [-0.3, -0.25) is 9.69 Å². The maximum atomic E-state index is 13.8. The van der Waals surface area contributed by atoms with Gasteiger partial charge in [0.25, 0.3) is 5.91 Å². The van der Waals surface area contributed by atoms with Crippen molar-refractivity contribution < 1.29 is 18.7 Å². The van der Waals surface area contributed by atoms with Crippen molar-refractivity contribution in [3.8, 4) is 11.5 Å². The van der Waals surface area contributed by atoms with E-state index in [4.69, 9.17) is 21.7 Å². The van der Waals surface area contributed by atoms with Crippen LogP contribution < -0.4 is 9.47 Å². The molecule has 27 heavy (non-hydrogen) atoms. The van der Waals surface area contributed by atoms with Gasteiger partial charge < -0.3 is 9.47 Å². The van der Waals surface area contributed by atoms with E-state index in [2.05, 4.69) is 0 Å². The van der Waals surface area contributed by atoms with Gasteiger partial charge in [0, 0.05) is 17.7 Å². The summed E-state index contributed by atoms with van der Waals surface area (Å²) in [5, 5.41) is 0. The minimum atomic E-state index is -0.323. The molecular formula is C20H18FNO3S2. The maximum absolute atomic E-state index is 13.8. The number of thioether (sulfide) groups is 1. The summed E-state index contributed by atoms with van der Waals surface area (Å²) in [6.07, 6.45) is 1.73. The Bertz CT molecular complexity index is 914. The lowest BCUT2D eigenvalue weighted by molar-refractivity contribution is -0.121. The fourth-order valence-corrected chi connectivity index (χ4v) is 3.96. The Hall–Kier alpha value is -2.38. The summed E-state index contributed by atoms with van der Waals surface area (Å²) >= 11 is 6.50. The first-order valence-electron chi connectivity index (χ1n) is 8.33. The second kappa shape index (κ2) is 8.54. The van der Waals surface area contributed by atoms with Crippen LogP contribution >= 0.6 is 24.0 Å². The number of nitrogens with zero attached hydrogens (tertiary/aromatic N) is 1. The molecule has 0 bridgehead atoms. The molecule has 1 amide bonds. The summed E-state index contributed by atoms with van der Waals surface area (Å²) in [4.78, 5) is 14.5. The van der Waals surface area contributed by atoms with E-state index in [1.54, 1.807) is 54.5 Å². The number of carbonyl (C=O) groups is 1. The Kier molecular flexibility index (Phi) is 6.13. The van der Waals surface area contributed by atoms with Gasteiger partial charge in [-0.25, -0.2) is 4.39 Å². The molecule has 2 aromatic rings. The molecule has 0 spiro atoms. The summed E-state index contributed by atoms with van der Waals surface area (Å²) in [5.41, 5.74) is 1.12. The van der Waals surface area contributed by atoms with Crippen molar-refractivity contribution in [1.82, 2.24) is 4.90 Å². The number of hydrogen-bond acceptors (Lipinski definition) is 5. The van der Waals surface area contributed by atoms with Crippen LogP contribution in [0, 0.1) is 5.82 Å². The molecule has 3 rings (SSSR count). The van der Waals surface area contributed by atoms with Gasteiger partial charge in [-0.2, -0.15) is 0 Å². The number of halogens is 1. The highest BCUT2D eigenvalue weighted by Gasteiger charge is 2.30. The number of hydrogen-bond donors (Lipinski definition) is 0. The highest BCUT2D eigenvalue weighted by molar-refractivity contribution is 8.26. The van der Waals surface area contributed by atoms with Gasteiger partial charge in [0.1, 0.15) is 28.2 Å². The molecule has 0 aromatic heterocycles. The predicted octanol–water partition coefficient (Wildman–Crippen LogP) is 4.63. The quantitative estimate of drug-likeness (QED) is 0.519. The molecule has 0 unspecified atom stereocenters. The van der Waals surface area contributed by atoms with Crippen molar-refractivity contribution >= 4 is 40.3 Å². The third-order valence-electron chi connectivity index (χ3n) is 4.03. The van der Waals surface area contributed by atoms with Crippen LogP contribution in [0.2, 0.25) is 0 Å². The van der Waals surface area contributed by atoms with Crippen molar-refractivity contribution in [3.05, 3.63) is 64.3 Å². The molecule has 140 valence electrons. The lowest BCUT2D eigenvalue weighted by atomic mass is 10.1. The molecule has 2 aromatic carbocycles. The minimum Gasteiger partial charge on any atom is -0.497 e. The van der Waals surface area contributed by atoms with E-state index in [-0.39, 0.29) is 18.3 Å². The number of methoxy groups -OCH3 is 1. The summed E-state index contributed by atoms with van der Waals surface area (Å²) in [6.45, 7) is 2.48. The van der Waals surface area contributed by atoms with E-state index in [0.29, 0.717) is 38.4 Å². The molecule has 1 heterocycles. The second-order valence-electron chi connectivity index (χ2n) is 5.71. The standard InChI is InChI=1S/C20H18FNO3S2/c1-3-22-19(23)18(27-20(22)26)11-14-10-15(24-2)8-9-17(14)25-12-13-6-4-5-7-16(13)21/h4-11H,3,12H2,1-2H3/b18-11+. The number of benzene rings is 2. The predicted molar refractivity (Wildman–Crippen MR) is 109 cm³/mol. The number of carbonyl (C=O) groups excluding carboxylic acids is 1. The van der Waals surface area contributed by atoms with Crippen molar-refractivity contribution in [2.45, 2.75) is 13.5 Å². The summed E-state index contributed by atoms with van der Waals surface area (Å²) in [7, 11) is 1.57. The van der Waals surface area contributed by atoms with Gasteiger partial charge in [0.05, 0.1) is 12.0 Å². The minimum absolute atomic E-state index is 0.0791. The van der Waals surface area contributed by atoms with Crippen molar-refractivity contribution in [1.29, 1.82) is 0 Å². The van der Waals surface area contributed by atoms with E-state index in [1.165, 1.54) is 17.8 Å². The molecular weight excluding hydrogens is 385 g/mol. The Balaban J connectivity index is 1.90. The molecule has 4 nitrogen and oxygen atoms in total. The van der Waals surface area contributed by atoms with Crippen LogP contribution in [-0.2, 0) is 11.4 Å². The van der Waals surface area contributed by atoms with E-state index >= 15 is 0 Å². The Morgan fingerprint density at radius 3 is 2.70 bits per heavy atom. The average molecular weight is 404 g/mol. The number of likely N-dealkylation sites (N-methyl/N-ethyl adjacent to an activating group) is 1. The Labute approximate surface area is 167 Å². The average Bonchev–Trinajstić information content (AvgIpc) is 2.94. The number of rotatable bonds is 6. The molecule has 1 aliphatic rings. The number of amides is 1. The van der Waals surface area contributed by atoms with E-state index in [0.717, 1.165) is 0 Å². The zero-order chi connectivity index (χ0) is 19.4. The Morgan fingerprint density at radius 2 is 2.04 bits per heavy atom. The second-order valence-corrected chi connectivity index (χ2v) is 7.39. The normalized spacial score (nSPS) is 15.5. The first kappa shape index (κ1) is 19.4. The lowest BCUT2D eigenvalue weighted by Crippen LogP contribution is -2.27. The van der Waals surface area contributed by atoms with Gasteiger partial charge in [-0.15, -0.1) is 0 Å². The number of ether oxygens (including phenoxy) is 2. The molecule has 0 radical (unpaired) electrons. The van der Waals surface area contributed by atoms with Crippen LogP contribution in [0.25, 0.3) is 6.08 Å². The third-order valence-corrected chi connectivity index (χ3v) is 5.41. The fraction of sp³-hybridized carbons (Fsp3) is 0.200. The van der Waals surface area contributed by atoms with Crippen LogP contribution in [0.4, 0.5) is 4.39 Å². The van der Waals surface area contributed by atoms with Gasteiger partial charge >= 0.3 is 0 Å². The van der Waals surface area contributed by atoms with E-state index < -0.39 is 0 Å². The molecule has 7 heteroatoms. The summed E-state index contributed by atoms with van der Waals surface area (Å²) < 4.78 is 25.5. The highest BCUT2D eigenvalue weighted by atomic mass is 32.2. The van der Waals surface area contributed by atoms with Crippen molar-refractivity contribution in [2.75, 3.05) is 13.7 Å². The molecule has 0 saturated carbocycles. The number of thiocarbonyl (C=S) groups is 1. The van der Waals surface area contributed by atoms with Crippen LogP contribution in [0.5, 0.6) is 11.5 Å². The SMILES string of the molecule is CCN1C(=O)/C(=C\c2cc(OC)ccc2OCc2ccccc2F)SC1=S. The zero-order valence-corrected chi connectivity index (χ0v) is 16.5. The van der Waals surface area contributed by atoms with Gasteiger partial charge in [-0.05, 0) is 37.3 Å². The molecule has 1 saturated heterocycles. The first-order chi connectivity index (χ1) is 13.0. The largest absolute Gasteiger partial charge is 0.497 e. The molecule has 1 aliphatic heterocycles. The smallest absolute Gasteiger partial charge is 0.266 e. The van der Waals surface area contributed by atoms with Gasteiger partial charge in [0.15, 0.2) is 0 Å². The monoisotopic (exact) mass is 403 g/mol. The van der Waals surface area contributed by atoms with Crippen LogP contribution in [0.1, 0.15) is 18.1 Å². The van der Waals surface area contributed by atoms with Crippen LogP contribution in [0.15, 0.2) is 47.4 Å². The van der Waals surface area contributed by atoms with E-state index in [9.17, 15) is 9.18 Å². The Morgan fingerprint density at radius 1 is 1.26 bits per heavy atom. The first-order valence-corrected chi connectivity index (χ1v) is 9.55. The topological polar surface area (TPSA) is 38.8 Å². The lowest BCUT2D eigenvalue weighted by Gasteiger charge is -2.12. The molecule has 0 aliphatic carbocycles. The van der Waals surface area contributed by atoms with Crippen molar-refractivity contribution in [3.63, 3.8) is 0 Å². The third kappa shape index (κ3) is 4.31. The van der Waals surface area contributed by atoms with Crippen LogP contribution in [-0.4, -0.2) is 28.8 Å². The molecule has 0 atom stereocenters.